The van der Waals surface area contributed by atoms with Crippen LogP contribution in [0.4, 0.5) is 0 Å². The summed E-state index contributed by atoms with van der Waals surface area (Å²) in [6.45, 7) is 9.92. The van der Waals surface area contributed by atoms with E-state index in [0.717, 1.165) is 29.4 Å². The van der Waals surface area contributed by atoms with Crippen molar-refractivity contribution in [3.8, 4) is 11.5 Å². The van der Waals surface area contributed by atoms with Crippen molar-refractivity contribution >= 4 is 17.0 Å². The summed E-state index contributed by atoms with van der Waals surface area (Å²) < 4.78 is 17.9. The van der Waals surface area contributed by atoms with Gasteiger partial charge >= 0.3 is 5.63 Å². The van der Waals surface area contributed by atoms with E-state index in [2.05, 4.69) is 6.92 Å². The summed E-state index contributed by atoms with van der Waals surface area (Å²) in [5, 5.41) is 10.2. The van der Waals surface area contributed by atoms with Gasteiger partial charge in [-0.25, -0.2) is 4.79 Å². The molecule has 0 bridgehead atoms. The van der Waals surface area contributed by atoms with Crippen LogP contribution in [0, 0.1) is 5.92 Å². The van der Waals surface area contributed by atoms with Crippen molar-refractivity contribution in [2.75, 3.05) is 6.61 Å². The Morgan fingerprint density at radius 1 is 1.26 bits per heavy atom. The number of hydrogen-bond acceptors (Lipinski definition) is 5. The molecule has 146 valence electrons. The zero-order chi connectivity index (χ0) is 19.8. The van der Waals surface area contributed by atoms with Crippen LogP contribution in [0.5, 0.6) is 11.5 Å². The Balaban J connectivity index is 2.25. The maximum absolute atomic E-state index is 12.1. The van der Waals surface area contributed by atoms with Gasteiger partial charge in [0, 0.05) is 24.7 Å². The highest BCUT2D eigenvalue weighted by molar-refractivity contribution is 5.94. The molecule has 0 saturated carbocycles. The van der Waals surface area contributed by atoms with Crippen LogP contribution in [-0.4, -0.2) is 23.4 Å². The molecular weight excluding hydrogens is 344 g/mol. The van der Waals surface area contributed by atoms with Crippen LogP contribution in [0.3, 0.4) is 0 Å². The molecule has 2 heterocycles. The molecule has 5 nitrogen and oxygen atoms in total. The lowest BCUT2D eigenvalue weighted by atomic mass is 9.96. The second-order valence-electron chi connectivity index (χ2n) is 7.85. The van der Waals surface area contributed by atoms with Gasteiger partial charge in [0.25, 0.3) is 0 Å². The highest BCUT2D eigenvalue weighted by atomic mass is 16.5. The van der Waals surface area contributed by atoms with Crippen molar-refractivity contribution in [3.05, 3.63) is 39.8 Å². The van der Waals surface area contributed by atoms with Gasteiger partial charge in [0.1, 0.15) is 28.8 Å². The van der Waals surface area contributed by atoms with E-state index in [1.807, 2.05) is 39.8 Å². The van der Waals surface area contributed by atoms with Crippen molar-refractivity contribution in [3.63, 3.8) is 0 Å². The van der Waals surface area contributed by atoms with Crippen LogP contribution >= 0.6 is 0 Å². The molecule has 27 heavy (non-hydrogen) atoms. The first kappa shape index (κ1) is 19.5. The van der Waals surface area contributed by atoms with Crippen LogP contribution in [0.1, 0.15) is 52.2 Å². The third kappa shape index (κ3) is 3.88. The Labute approximate surface area is 159 Å². The van der Waals surface area contributed by atoms with Crippen LogP contribution in [0.25, 0.3) is 17.0 Å². The number of hydrogen-bond donors (Lipinski definition) is 1. The molecule has 1 aliphatic rings. The molecule has 3 rings (SSSR count). The number of fused-ring (bicyclic) bond motifs is 3. The third-order valence-corrected chi connectivity index (χ3v) is 5.01. The van der Waals surface area contributed by atoms with Crippen LogP contribution in [0.15, 0.2) is 27.4 Å². The maximum atomic E-state index is 12.1. The standard InChI is InChI=1S/C22H28O5/c1-6-7-15-10-19(24)26-18-11-17(25-14(3)13(2)12-23)16-8-9-22(4,5)27-21(16)20(15)18/h8-11,13-14,23H,6-7,12H2,1-5H3/t13-,14+/m1/s1. The minimum atomic E-state index is -0.470. The maximum Gasteiger partial charge on any atom is 0.336 e. The van der Waals surface area contributed by atoms with E-state index >= 15 is 0 Å². The zero-order valence-corrected chi connectivity index (χ0v) is 16.7. The largest absolute Gasteiger partial charge is 0.489 e. The topological polar surface area (TPSA) is 68.9 Å². The van der Waals surface area contributed by atoms with E-state index in [9.17, 15) is 9.90 Å². The first-order valence-electron chi connectivity index (χ1n) is 9.55. The van der Waals surface area contributed by atoms with Gasteiger partial charge in [0.2, 0.25) is 0 Å². The molecule has 0 saturated heterocycles. The molecule has 0 aliphatic carbocycles. The molecule has 0 spiro atoms. The molecule has 0 fully saturated rings. The monoisotopic (exact) mass is 372 g/mol. The van der Waals surface area contributed by atoms with Crippen LogP contribution in [0.2, 0.25) is 0 Å². The Morgan fingerprint density at radius 3 is 2.67 bits per heavy atom. The van der Waals surface area contributed by atoms with Gasteiger partial charge in [0.15, 0.2) is 0 Å². The first-order chi connectivity index (χ1) is 12.8. The van der Waals surface area contributed by atoms with E-state index in [-0.39, 0.29) is 24.3 Å². The SMILES string of the molecule is CCCc1cc(=O)oc2cc(O[C@@H](C)[C@H](C)CO)c3c(c12)OC(C)(C)C=C3. The number of aryl methyl sites for hydroxylation is 1. The molecule has 1 aromatic carbocycles. The first-order valence-corrected chi connectivity index (χ1v) is 9.55. The number of rotatable bonds is 6. The number of aliphatic hydroxyl groups excluding tert-OH is 1. The number of aliphatic hydroxyl groups is 1. The van der Waals surface area contributed by atoms with Gasteiger partial charge < -0.3 is 19.0 Å². The van der Waals surface area contributed by atoms with Gasteiger partial charge in [-0.3, -0.25) is 0 Å². The van der Waals surface area contributed by atoms with Crippen molar-refractivity contribution in [2.24, 2.45) is 5.92 Å². The summed E-state index contributed by atoms with van der Waals surface area (Å²) in [4.78, 5) is 12.1. The Hall–Kier alpha value is -2.27. The molecule has 2 atom stereocenters. The molecular formula is C22H28O5. The summed E-state index contributed by atoms with van der Waals surface area (Å²) in [5.74, 6) is 1.25. The molecule has 0 radical (unpaired) electrons. The predicted molar refractivity (Wildman–Crippen MR) is 107 cm³/mol. The van der Waals surface area contributed by atoms with Crippen LogP contribution < -0.4 is 15.1 Å². The highest BCUT2D eigenvalue weighted by Crippen LogP contribution is 2.44. The lowest BCUT2D eigenvalue weighted by Crippen LogP contribution is -2.29. The molecule has 5 heteroatoms. The second-order valence-corrected chi connectivity index (χ2v) is 7.85. The minimum absolute atomic E-state index is 0.0280. The third-order valence-electron chi connectivity index (χ3n) is 5.01. The van der Waals surface area contributed by atoms with E-state index < -0.39 is 5.60 Å². The van der Waals surface area contributed by atoms with Gasteiger partial charge in [-0.15, -0.1) is 0 Å². The lowest BCUT2D eigenvalue weighted by molar-refractivity contribution is 0.108. The summed E-state index contributed by atoms with van der Waals surface area (Å²) in [5.41, 5.74) is 1.38. The van der Waals surface area contributed by atoms with Crippen molar-refractivity contribution in [1.29, 1.82) is 0 Å². The summed E-state index contributed by atoms with van der Waals surface area (Å²) in [6, 6.07) is 3.32. The summed E-state index contributed by atoms with van der Waals surface area (Å²) >= 11 is 0. The minimum Gasteiger partial charge on any atom is -0.489 e. The fraction of sp³-hybridized carbons (Fsp3) is 0.500. The smallest absolute Gasteiger partial charge is 0.336 e. The van der Waals surface area contributed by atoms with Crippen molar-refractivity contribution in [1.82, 2.24) is 0 Å². The van der Waals surface area contributed by atoms with Gasteiger partial charge in [-0.1, -0.05) is 20.3 Å². The second kappa shape index (κ2) is 7.39. The number of benzene rings is 1. The molecule has 0 unspecified atom stereocenters. The Morgan fingerprint density at radius 2 is 2.00 bits per heavy atom. The number of ether oxygens (including phenoxy) is 2. The summed E-state index contributed by atoms with van der Waals surface area (Å²) in [6.07, 6.45) is 5.47. The van der Waals surface area contributed by atoms with E-state index in [4.69, 9.17) is 13.9 Å². The molecule has 0 amide bonds. The normalized spacial score (nSPS) is 17.3. The predicted octanol–water partition coefficient (Wildman–Crippen LogP) is 4.33. The van der Waals surface area contributed by atoms with Crippen molar-refractivity contribution < 1.29 is 19.0 Å². The fourth-order valence-corrected chi connectivity index (χ4v) is 3.24. The fourth-order valence-electron chi connectivity index (χ4n) is 3.24. The van der Waals surface area contributed by atoms with E-state index in [1.165, 1.54) is 0 Å². The van der Waals surface area contributed by atoms with Crippen molar-refractivity contribution in [2.45, 2.75) is 59.2 Å². The van der Waals surface area contributed by atoms with E-state index in [0.29, 0.717) is 17.1 Å². The molecule has 1 aromatic heterocycles. The molecule has 1 aliphatic heterocycles. The highest BCUT2D eigenvalue weighted by Gasteiger charge is 2.29. The summed E-state index contributed by atoms with van der Waals surface area (Å²) in [7, 11) is 0. The lowest BCUT2D eigenvalue weighted by Gasteiger charge is -2.31. The van der Waals surface area contributed by atoms with Gasteiger partial charge in [0.05, 0.1) is 10.9 Å². The Bertz CT molecular complexity index is 922. The zero-order valence-electron chi connectivity index (χ0n) is 16.7. The van der Waals surface area contributed by atoms with Gasteiger partial charge in [-0.2, -0.15) is 0 Å². The average Bonchev–Trinajstić information content (AvgIpc) is 2.59. The quantitative estimate of drug-likeness (QED) is 0.765. The average molecular weight is 372 g/mol. The molecule has 1 N–H and O–H groups in total. The van der Waals surface area contributed by atoms with Crippen LogP contribution in [-0.2, 0) is 6.42 Å². The molecule has 2 aromatic rings. The van der Waals surface area contributed by atoms with Gasteiger partial charge in [-0.05, 0) is 44.9 Å². The van der Waals surface area contributed by atoms with E-state index in [1.54, 1.807) is 12.1 Å². The Kier molecular flexibility index (Phi) is 5.33.